The predicted molar refractivity (Wildman–Crippen MR) is 77.2 cm³/mol. The molecule has 20 heavy (non-hydrogen) atoms. The monoisotopic (exact) mass is 279 g/mol. The molecule has 110 valence electrons. The molecule has 1 atom stereocenters. The maximum Gasteiger partial charge on any atom is 0.170 e. The molecule has 0 saturated heterocycles. The summed E-state index contributed by atoms with van der Waals surface area (Å²) in [5.41, 5.74) is 6.89. The topological polar surface area (TPSA) is 70.6 Å². The van der Waals surface area contributed by atoms with E-state index in [1.54, 1.807) is 6.07 Å². The van der Waals surface area contributed by atoms with Gasteiger partial charge in [-0.1, -0.05) is 31.0 Å². The molecule has 1 unspecified atom stereocenters. The van der Waals surface area contributed by atoms with Crippen molar-refractivity contribution >= 4 is 5.84 Å². The van der Waals surface area contributed by atoms with Crippen molar-refractivity contribution < 1.29 is 9.60 Å². The number of nitrogens with one attached hydrogen (secondary N) is 1. The summed E-state index contributed by atoms with van der Waals surface area (Å²) in [4.78, 5) is 0. The zero-order chi connectivity index (χ0) is 14.5. The molecule has 1 aromatic rings. The lowest BCUT2D eigenvalue weighted by molar-refractivity contribution is 0.318. The van der Waals surface area contributed by atoms with Gasteiger partial charge in [0.15, 0.2) is 5.84 Å². The van der Waals surface area contributed by atoms with Gasteiger partial charge in [0.2, 0.25) is 0 Å². The van der Waals surface area contributed by atoms with E-state index in [0.717, 1.165) is 17.9 Å². The van der Waals surface area contributed by atoms with Crippen molar-refractivity contribution in [1.29, 1.82) is 0 Å². The molecule has 5 heteroatoms. The third-order valence-corrected chi connectivity index (χ3v) is 3.84. The fourth-order valence-electron chi connectivity index (χ4n) is 2.40. The molecule has 0 bridgehead atoms. The lowest BCUT2D eigenvalue weighted by Gasteiger charge is -2.18. The Balaban J connectivity index is 2.03. The molecule has 0 heterocycles. The summed E-state index contributed by atoms with van der Waals surface area (Å²) in [6.07, 6.45) is 4.93. The molecule has 0 amide bonds. The third kappa shape index (κ3) is 3.93. The molecular formula is C15H22FN3O. The Hall–Kier alpha value is -1.62. The molecule has 0 spiro atoms. The van der Waals surface area contributed by atoms with Crippen LogP contribution in [0.4, 0.5) is 4.39 Å². The van der Waals surface area contributed by atoms with Crippen molar-refractivity contribution in [3.63, 3.8) is 0 Å². The number of nitrogens with two attached hydrogens (primary N) is 1. The Bertz CT molecular complexity index is 486. The Morgan fingerprint density at radius 1 is 1.55 bits per heavy atom. The number of halogens is 1. The first-order valence-corrected chi connectivity index (χ1v) is 7.13. The van der Waals surface area contributed by atoms with Crippen molar-refractivity contribution in [2.24, 2.45) is 16.8 Å². The molecule has 1 aromatic carbocycles. The van der Waals surface area contributed by atoms with E-state index in [2.05, 4.69) is 17.4 Å². The fraction of sp³-hybridized carbons (Fsp3) is 0.533. The van der Waals surface area contributed by atoms with Crippen molar-refractivity contribution in [2.45, 2.75) is 45.2 Å². The van der Waals surface area contributed by atoms with Crippen LogP contribution >= 0.6 is 0 Å². The average molecular weight is 279 g/mol. The number of benzene rings is 1. The first-order valence-electron chi connectivity index (χ1n) is 7.13. The van der Waals surface area contributed by atoms with Crippen LogP contribution in [0.15, 0.2) is 23.4 Å². The van der Waals surface area contributed by atoms with Gasteiger partial charge >= 0.3 is 0 Å². The van der Waals surface area contributed by atoms with E-state index in [4.69, 9.17) is 10.9 Å². The van der Waals surface area contributed by atoms with Gasteiger partial charge in [-0.3, -0.25) is 0 Å². The second-order valence-corrected chi connectivity index (χ2v) is 5.45. The van der Waals surface area contributed by atoms with Crippen LogP contribution in [0, 0.1) is 11.7 Å². The zero-order valence-electron chi connectivity index (χ0n) is 11.8. The average Bonchev–Trinajstić information content (AvgIpc) is 3.27. The molecule has 0 aliphatic heterocycles. The smallest absolute Gasteiger partial charge is 0.170 e. The van der Waals surface area contributed by atoms with Crippen molar-refractivity contribution in [1.82, 2.24) is 5.32 Å². The summed E-state index contributed by atoms with van der Waals surface area (Å²) in [6, 6.07) is 4.84. The molecule has 1 saturated carbocycles. The first kappa shape index (κ1) is 14.8. The number of rotatable bonds is 7. The van der Waals surface area contributed by atoms with Crippen molar-refractivity contribution in [2.75, 3.05) is 0 Å². The van der Waals surface area contributed by atoms with E-state index in [9.17, 15) is 4.39 Å². The minimum Gasteiger partial charge on any atom is -0.409 e. The van der Waals surface area contributed by atoms with Crippen LogP contribution < -0.4 is 11.1 Å². The number of hydrogen-bond donors (Lipinski definition) is 3. The van der Waals surface area contributed by atoms with E-state index >= 15 is 0 Å². The maximum absolute atomic E-state index is 13.3. The van der Waals surface area contributed by atoms with Crippen molar-refractivity contribution in [3.05, 3.63) is 35.1 Å². The van der Waals surface area contributed by atoms with Gasteiger partial charge in [0.25, 0.3) is 0 Å². The third-order valence-electron chi connectivity index (χ3n) is 3.84. The summed E-state index contributed by atoms with van der Waals surface area (Å²) >= 11 is 0. The summed E-state index contributed by atoms with van der Waals surface area (Å²) in [7, 11) is 0. The Labute approximate surface area is 118 Å². The highest BCUT2D eigenvalue weighted by Gasteiger charge is 2.24. The standard InChI is InChI=1S/C15H22FN3O/c1-2-13(7-10-3-4-10)18-9-11-5-6-12(16)8-14(11)15(17)19-20/h5-6,8,10,13,18,20H,2-4,7,9H2,1H3,(H2,17,19). The Morgan fingerprint density at radius 3 is 2.90 bits per heavy atom. The van der Waals surface area contributed by atoms with Crippen LogP contribution in [0.2, 0.25) is 0 Å². The van der Waals surface area contributed by atoms with E-state index in [1.165, 1.54) is 31.4 Å². The predicted octanol–water partition coefficient (Wildman–Crippen LogP) is 2.59. The van der Waals surface area contributed by atoms with Gasteiger partial charge in [-0.15, -0.1) is 0 Å². The zero-order valence-corrected chi connectivity index (χ0v) is 11.8. The van der Waals surface area contributed by atoms with Crippen LogP contribution in [-0.2, 0) is 6.54 Å². The lowest BCUT2D eigenvalue weighted by Crippen LogP contribution is -2.29. The van der Waals surface area contributed by atoms with Crippen LogP contribution in [0.1, 0.15) is 43.7 Å². The number of oxime groups is 1. The van der Waals surface area contributed by atoms with Crippen LogP contribution in [0.25, 0.3) is 0 Å². The minimum atomic E-state index is -0.389. The van der Waals surface area contributed by atoms with Gasteiger partial charge in [-0.25, -0.2) is 4.39 Å². The van der Waals surface area contributed by atoms with Crippen LogP contribution in [0.3, 0.4) is 0 Å². The lowest BCUT2D eigenvalue weighted by atomic mass is 10.0. The molecule has 1 fully saturated rings. The van der Waals surface area contributed by atoms with Gasteiger partial charge in [0, 0.05) is 18.2 Å². The Morgan fingerprint density at radius 2 is 2.30 bits per heavy atom. The highest BCUT2D eigenvalue weighted by atomic mass is 19.1. The Kier molecular flexibility index (Phi) is 4.95. The van der Waals surface area contributed by atoms with E-state index in [0.29, 0.717) is 18.2 Å². The molecule has 1 aliphatic carbocycles. The summed E-state index contributed by atoms with van der Waals surface area (Å²) in [5, 5.41) is 15.2. The largest absolute Gasteiger partial charge is 0.409 e. The molecule has 1 aliphatic rings. The second-order valence-electron chi connectivity index (χ2n) is 5.45. The molecule has 4 N–H and O–H groups in total. The van der Waals surface area contributed by atoms with Crippen LogP contribution in [-0.4, -0.2) is 17.1 Å². The first-order chi connectivity index (χ1) is 9.63. The van der Waals surface area contributed by atoms with Gasteiger partial charge in [-0.2, -0.15) is 0 Å². The highest BCUT2D eigenvalue weighted by Crippen LogP contribution is 2.34. The SMILES string of the molecule is CCC(CC1CC1)NCc1ccc(F)cc1C(N)=NO. The molecular weight excluding hydrogens is 257 g/mol. The molecule has 2 rings (SSSR count). The van der Waals surface area contributed by atoms with E-state index < -0.39 is 0 Å². The summed E-state index contributed by atoms with van der Waals surface area (Å²) in [6.45, 7) is 2.76. The molecule has 0 radical (unpaired) electrons. The summed E-state index contributed by atoms with van der Waals surface area (Å²) < 4.78 is 13.3. The van der Waals surface area contributed by atoms with Gasteiger partial charge in [0.1, 0.15) is 5.82 Å². The van der Waals surface area contributed by atoms with Gasteiger partial charge in [0.05, 0.1) is 0 Å². The molecule has 0 aromatic heterocycles. The molecule has 4 nitrogen and oxygen atoms in total. The normalized spacial score (nSPS) is 17.2. The van der Waals surface area contributed by atoms with Gasteiger partial charge in [-0.05, 0) is 36.5 Å². The summed E-state index contributed by atoms with van der Waals surface area (Å²) in [5.74, 6) is 0.418. The minimum absolute atomic E-state index is 0.0588. The van der Waals surface area contributed by atoms with E-state index in [1.807, 2.05) is 0 Å². The number of hydrogen-bond acceptors (Lipinski definition) is 3. The van der Waals surface area contributed by atoms with E-state index in [-0.39, 0.29) is 11.7 Å². The quantitative estimate of drug-likeness (QED) is 0.311. The second kappa shape index (κ2) is 6.70. The number of amidine groups is 1. The van der Waals surface area contributed by atoms with Crippen LogP contribution in [0.5, 0.6) is 0 Å². The van der Waals surface area contributed by atoms with Crippen molar-refractivity contribution in [3.8, 4) is 0 Å². The number of nitrogens with zero attached hydrogens (tertiary/aromatic N) is 1. The highest BCUT2D eigenvalue weighted by molar-refractivity contribution is 5.98. The van der Waals surface area contributed by atoms with Gasteiger partial charge < -0.3 is 16.3 Å². The maximum atomic E-state index is 13.3. The fourth-order valence-corrected chi connectivity index (χ4v) is 2.40.